The van der Waals surface area contributed by atoms with E-state index in [2.05, 4.69) is 12.1 Å². The minimum absolute atomic E-state index is 0.0132. The molecule has 0 spiro atoms. The predicted octanol–water partition coefficient (Wildman–Crippen LogP) is 12.7. The number of rotatable bonds is 4. The molecule has 0 aliphatic rings. The molecule has 4 nitrogen and oxygen atoms in total. The highest BCUT2D eigenvalue weighted by molar-refractivity contribution is 7.27. The third-order valence-corrected chi connectivity index (χ3v) is 11.5. The number of para-hydroxylation sites is 1. The lowest BCUT2D eigenvalue weighted by Gasteiger charge is -2.12. The van der Waals surface area contributed by atoms with Gasteiger partial charge in [-0.05, 0) is 35.3 Å². The molecule has 0 saturated heterocycles. The molecule has 0 fully saturated rings. The summed E-state index contributed by atoms with van der Waals surface area (Å²) in [6, 6.07) is 27.5. The number of hydrogen-bond acceptors (Lipinski definition) is 5. The van der Waals surface area contributed by atoms with Crippen molar-refractivity contribution in [3.05, 3.63) is 157 Å². The molecule has 6 heteroatoms. The van der Waals surface area contributed by atoms with Crippen LogP contribution in [0.15, 0.2) is 157 Å². The van der Waals surface area contributed by atoms with E-state index in [1.807, 2.05) is 84.9 Å². The molecular weight excluding hydrogens is 661 g/mol. The van der Waals surface area contributed by atoms with Crippen molar-refractivity contribution in [3.63, 3.8) is 0 Å². The summed E-state index contributed by atoms with van der Waals surface area (Å²) in [6.45, 7) is 0. The van der Waals surface area contributed by atoms with E-state index in [4.69, 9.17) is 23.2 Å². The van der Waals surface area contributed by atoms with E-state index in [0.717, 1.165) is 42.6 Å². The zero-order valence-electron chi connectivity index (χ0n) is 36.3. The Morgan fingerprint density at radius 2 is 1.14 bits per heavy atom. The van der Waals surface area contributed by atoms with Gasteiger partial charge in [-0.2, -0.15) is 9.97 Å². The van der Waals surface area contributed by atoms with Gasteiger partial charge in [0.25, 0.3) is 0 Å². The zero-order valence-corrected chi connectivity index (χ0v) is 28.0. The number of aromatic nitrogens is 4. The van der Waals surface area contributed by atoms with Gasteiger partial charge in [-0.1, -0.05) is 133 Å². The topological polar surface area (TPSA) is 43.6 Å². The average Bonchev–Trinajstić information content (AvgIpc) is 3.99. The summed E-state index contributed by atoms with van der Waals surface area (Å²) < 4.78 is 93.3. The van der Waals surface area contributed by atoms with Crippen LogP contribution in [-0.4, -0.2) is 19.5 Å². The van der Waals surface area contributed by atoms with Gasteiger partial charge >= 0.3 is 0 Å². The van der Waals surface area contributed by atoms with Gasteiger partial charge in [-0.3, -0.25) is 4.57 Å². The van der Waals surface area contributed by atoms with Crippen LogP contribution in [0, 0.1) is 0 Å². The maximum Gasteiger partial charge on any atom is 0.238 e. The first-order chi connectivity index (χ1) is 29.4. The molecule has 4 aromatic heterocycles. The van der Waals surface area contributed by atoms with Crippen LogP contribution >= 0.6 is 22.7 Å². The Bertz CT molecular complexity index is 3710. The highest BCUT2D eigenvalue weighted by Crippen LogP contribution is 2.44. The van der Waals surface area contributed by atoms with Crippen LogP contribution in [0.5, 0.6) is 0 Å². The smallest absolute Gasteiger partial charge is 0.238 e. The van der Waals surface area contributed by atoms with Gasteiger partial charge in [0.2, 0.25) is 5.95 Å². The molecule has 238 valence electrons. The van der Waals surface area contributed by atoms with Gasteiger partial charge in [0.1, 0.15) is 0 Å². The molecule has 0 unspecified atom stereocenters. The number of thiophene rings is 2. The fraction of sp³-hybridized carbons (Fsp3) is 0. The van der Waals surface area contributed by atoms with Crippen LogP contribution in [-0.2, 0) is 0 Å². The van der Waals surface area contributed by atoms with Crippen LogP contribution in [0.4, 0.5) is 0 Å². The third kappa shape index (κ3) is 4.40. The quantitative estimate of drug-likeness (QED) is 0.184. The minimum atomic E-state index is -0.523. The summed E-state index contributed by atoms with van der Waals surface area (Å²) in [5, 5.41) is 2.29. The first-order valence-electron chi connectivity index (χ1n) is 21.1. The van der Waals surface area contributed by atoms with Crippen LogP contribution < -0.4 is 0 Å². The van der Waals surface area contributed by atoms with Gasteiger partial charge in [0.05, 0.1) is 29.4 Å². The van der Waals surface area contributed by atoms with Crippen LogP contribution in [0.1, 0.15) is 13.7 Å². The highest BCUT2D eigenvalue weighted by Gasteiger charge is 2.22. The van der Waals surface area contributed by atoms with E-state index in [0.29, 0.717) is 11.1 Å². The molecule has 7 aromatic carbocycles. The van der Waals surface area contributed by atoms with E-state index in [1.165, 1.54) is 4.57 Å². The largest absolute Gasteiger partial charge is 0.276 e. The second-order valence-corrected chi connectivity index (χ2v) is 14.1. The minimum Gasteiger partial charge on any atom is -0.276 e. The van der Waals surface area contributed by atoms with Crippen LogP contribution in [0.25, 0.3) is 102 Å². The molecule has 0 saturated carbocycles. The Morgan fingerprint density at radius 3 is 2.04 bits per heavy atom. The fourth-order valence-corrected chi connectivity index (χ4v) is 9.16. The lowest BCUT2D eigenvalue weighted by atomic mass is 10.0. The Kier molecular flexibility index (Phi) is 4.47. The predicted molar refractivity (Wildman–Crippen MR) is 216 cm³/mol. The maximum atomic E-state index is 9.45. The molecule has 0 amide bonds. The zero-order chi connectivity index (χ0) is 42.2. The number of fused-ring (bicyclic) bond motifs is 10. The van der Waals surface area contributed by atoms with Crippen molar-refractivity contribution in [3.8, 4) is 39.9 Å². The SMILES string of the molecule is [2H]c1c([2H])c([2H])c2c(sc3c2c([2H])c([2H])c2c4c([2H])c([2H])c([2H])c([2H])c4n(-c4nc(-c5ccc(-c6ccccc6)cc5)nc(-c5cccc6c5sc5ccccc56)n4)c32)c1[2H]. The summed E-state index contributed by atoms with van der Waals surface area (Å²) in [4.78, 5) is 15.2. The second kappa shape index (κ2) is 11.2. The van der Waals surface area contributed by atoms with E-state index >= 15 is 0 Å². The molecule has 0 aliphatic heterocycles. The maximum absolute atomic E-state index is 9.45. The lowest BCUT2D eigenvalue weighted by Crippen LogP contribution is -2.06. The number of nitrogens with zero attached hydrogens (tertiary/aromatic N) is 4. The Morgan fingerprint density at radius 1 is 0.451 bits per heavy atom. The van der Waals surface area contributed by atoms with E-state index < -0.39 is 36.3 Å². The monoisotopic (exact) mass is 696 g/mol. The summed E-state index contributed by atoms with van der Waals surface area (Å²) >= 11 is 2.60. The summed E-state index contributed by atoms with van der Waals surface area (Å²) in [6.07, 6.45) is 0. The number of hydrogen-bond donors (Lipinski definition) is 0. The lowest BCUT2D eigenvalue weighted by molar-refractivity contribution is 0.956. The fourth-order valence-electron chi connectivity index (χ4n) is 6.84. The molecule has 11 rings (SSSR count). The van der Waals surface area contributed by atoms with Gasteiger partial charge in [0.15, 0.2) is 11.6 Å². The molecule has 51 heavy (non-hydrogen) atoms. The molecule has 4 heterocycles. The van der Waals surface area contributed by atoms with E-state index in [-0.39, 0.29) is 83.7 Å². The molecule has 0 N–H and O–H groups in total. The second-order valence-electron chi connectivity index (χ2n) is 12.0. The Labute approximate surface area is 314 Å². The van der Waals surface area contributed by atoms with Gasteiger partial charge < -0.3 is 0 Å². The normalized spacial score (nSPS) is 14.7. The summed E-state index contributed by atoms with van der Waals surface area (Å²) in [7, 11) is 0. The van der Waals surface area contributed by atoms with Crippen molar-refractivity contribution in [2.24, 2.45) is 0 Å². The molecule has 11 aromatic rings. The molecule has 0 radical (unpaired) electrons. The third-order valence-electron chi connectivity index (χ3n) is 9.18. The number of benzene rings is 7. The van der Waals surface area contributed by atoms with Crippen molar-refractivity contribution < 1.29 is 13.7 Å². The van der Waals surface area contributed by atoms with E-state index in [9.17, 15) is 5.48 Å². The van der Waals surface area contributed by atoms with Crippen LogP contribution in [0.3, 0.4) is 0 Å². The average molecular weight is 697 g/mol. The van der Waals surface area contributed by atoms with Crippen molar-refractivity contribution in [2.45, 2.75) is 0 Å². The Hall–Kier alpha value is -6.21. The van der Waals surface area contributed by atoms with E-state index in [1.54, 1.807) is 11.3 Å². The van der Waals surface area contributed by atoms with Crippen molar-refractivity contribution in [2.75, 3.05) is 0 Å². The molecule has 0 aliphatic carbocycles. The molecule has 0 bridgehead atoms. The highest BCUT2D eigenvalue weighted by atomic mass is 32.1. The first kappa shape index (κ1) is 20.5. The summed E-state index contributed by atoms with van der Waals surface area (Å²) in [5.74, 6) is 0.533. The summed E-state index contributed by atoms with van der Waals surface area (Å²) in [5.41, 5.74) is 3.50. The Balaban J connectivity index is 1.31. The first-order valence-corrected chi connectivity index (χ1v) is 17.8. The molecular formula is C45H26N4S2. The van der Waals surface area contributed by atoms with Gasteiger partial charge in [-0.15, -0.1) is 22.7 Å². The van der Waals surface area contributed by atoms with Gasteiger partial charge in [-0.25, -0.2) is 4.98 Å². The van der Waals surface area contributed by atoms with Crippen LogP contribution in [0.2, 0.25) is 0 Å². The standard InChI is InChI=1S/C45H26N4S2/c1-2-11-27(12-3-1)28-21-23-29(24-22-28)43-46-44(36-17-10-16-34-31-14-5-8-19-38(31)50-41(34)36)48-45(47-43)49-37-18-7-4-13-30(37)33-25-26-35-32-15-6-9-20-39(32)51-42(35)40(33)49/h1-26H/i4D,6D,7D,9D,13D,15D,18D,20D,25D,26D. The van der Waals surface area contributed by atoms with Crippen molar-refractivity contribution in [1.29, 1.82) is 0 Å². The van der Waals surface area contributed by atoms with Crippen molar-refractivity contribution in [1.82, 2.24) is 19.5 Å². The van der Waals surface area contributed by atoms with Crippen molar-refractivity contribution >= 4 is 84.8 Å². The molecule has 0 atom stereocenters. The van der Waals surface area contributed by atoms with Gasteiger partial charge in [0, 0.05) is 57.5 Å².